The molecule has 0 saturated heterocycles. The number of alkyl carbamates (subject to hydrolysis) is 1. The van der Waals surface area contributed by atoms with Gasteiger partial charge in [0.25, 0.3) is 0 Å². The highest BCUT2D eigenvalue weighted by Crippen LogP contribution is 2.04. The van der Waals surface area contributed by atoms with Gasteiger partial charge in [-0.05, 0) is 24.0 Å². The average Bonchev–Trinajstić information content (AvgIpc) is 2.69. The van der Waals surface area contributed by atoms with Crippen LogP contribution >= 0.6 is 12.4 Å². The van der Waals surface area contributed by atoms with Gasteiger partial charge >= 0.3 is 12.1 Å². The Balaban J connectivity index is 0.00000364. The van der Waals surface area contributed by atoms with Gasteiger partial charge in [-0.3, -0.25) is 4.79 Å². The summed E-state index contributed by atoms with van der Waals surface area (Å²) in [4.78, 5) is 23.4. The molecule has 1 amide bonds. The monoisotopic (exact) mass is 392 g/mol. The molecular formula is C20H25ClN2O4. The van der Waals surface area contributed by atoms with Gasteiger partial charge in [0.05, 0.1) is 0 Å². The summed E-state index contributed by atoms with van der Waals surface area (Å²) in [6.07, 6.45) is 0.489. The fraction of sp³-hybridized carbons (Fsp3) is 0.300. The van der Waals surface area contributed by atoms with Crippen LogP contribution in [0.4, 0.5) is 4.79 Å². The molecule has 27 heavy (non-hydrogen) atoms. The SMILES string of the molecule is Cl.N[C@@H](CCCNC(=O)OCc1ccccc1)C(=O)OCc1ccccc1. The summed E-state index contributed by atoms with van der Waals surface area (Å²) in [6, 6.07) is 18.1. The zero-order chi connectivity index (χ0) is 18.6. The fourth-order valence-electron chi connectivity index (χ4n) is 2.24. The number of carbonyl (C=O) groups excluding carboxylic acids is 2. The molecule has 0 heterocycles. The predicted molar refractivity (Wildman–Crippen MR) is 105 cm³/mol. The van der Waals surface area contributed by atoms with Gasteiger partial charge in [-0.15, -0.1) is 12.4 Å². The number of esters is 1. The smallest absolute Gasteiger partial charge is 0.407 e. The van der Waals surface area contributed by atoms with Crippen molar-refractivity contribution in [3.63, 3.8) is 0 Å². The number of halogens is 1. The first-order chi connectivity index (χ1) is 12.6. The first kappa shape index (κ1) is 22.5. The van der Waals surface area contributed by atoms with Crippen molar-refractivity contribution < 1.29 is 19.1 Å². The summed E-state index contributed by atoms with van der Waals surface area (Å²) in [6.45, 7) is 0.808. The van der Waals surface area contributed by atoms with Crippen LogP contribution in [0.25, 0.3) is 0 Å². The van der Waals surface area contributed by atoms with Crippen LogP contribution < -0.4 is 11.1 Å². The summed E-state index contributed by atoms with van der Waals surface area (Å²) in [5.74, 6) is -0.444. The Labute approximate surface area is 165 Å². The minimum Gasteiger partial charge on any atom is -0.460 e. The Kier molecular flexibility index (Phi) is 10.6. The third kappa shape index (κ3) is 9.08. The number of amides is 1. The van der Waals surface area contributed by atoms with E-state index in [1.165, 1.54) is 0 Å². The van der Waals surface area contributed by atoms with Crippen LogP contribution in [0.2, 0.25) is 0 Å². The zero-order valence-corrected chi connectivity index (χ0v) is 15.8. The highest BCUT2D eigenvalue weighted by molar-refractivity contribution is 5.85. The molecular weight excluding hydrogens is 368 g/mol. The number of carbonyl (C=O) groups is 2. The van der Waals surface area contributed by atoms with Crippen molar-refractivity contribution in [1.82, 2.24) is 5.32 Å². The number of hydrogen-bond acceptors (Lipinski definition) is 5. The van der Waals surface area contributed by atoms with Crippen LogP contribution in [0, 0.1) is 0 Å². The lowest BCUT2D eigenvalue weighted by molar-refractivity contribution is -0.146. The van der Waals surface area contributed by atoms with Gasteiger partial charge in [0, 0.05) is 6.54 Å². The topological polar surface area (TPSA) is 90.6 Å². The first-order valence-corrected chi connectivity index (χ1v) is 8.56. The van der Waals surface area contributed by atoms with Gasteiger partial charge < -0.3 is 20.5 Å². The molecule has 3 N–H and O–H groups in total. The molecule has 0 aliphatic heterocycles. The Morgan fingerprint density at radius 2 is 1.41 bits per heavy atom. The summed E-state index contributed by atoms with van der Waals surface area (Å²) in [5.41, 5.74) is 7.65. The highest BCUT2D eigenvalue weighted by atomic mass is 35.5. The number of rotatable bonds is 9. The van der Waals surface area contributed by atoms with Crippen LogP contribution in [0.5, 0.6) is 0 Å². The summed E-state index contributed by atoms with van der Waals surface area (Å²) < 4.78 is 10.3. The summed E-state index contributed by atoms with van der Waals surface area (Å²) in [5, 5.41) is 2.64. The van der Waals surface area contributed by atoms with Crippen molar-refractivity contribution in [2.45, 2.75) is 32.1 Å². The largest absolute Gasteiger partial charge is 0.460 e. The zero-order valence-electron chi connectivity index (χ0n) is 15.0. The van der Waals surface area contributed by atoms with Crippen molar-refractivity contribution in [3.8, 4) is 0 Å². The predicted octanol–water partition coefficient (Wildman–Crippen LogP) is 3.19. The molecule has 0 aliphatic carbocycles. The van der Waals surface area contributed by atoms with Crippen molar-refractivity contribution in [3.05, 3.63) is 71.8 Å². The van der Waals surface area contributed by atoms with E-state index in [0.717, 1.165) is 11.1 Å². The van der Waals surface area contributed by atoms with Gasteiger partial charge in [-0.25, -0.2) is 4.79 Å². The van der Waals surface area contributed by atoms with Gasteiger partial charge in [-0.2, -0.15) is 0 Å². The van der Waals surface area contributed by atoms with E-state index >= 15 is 0 Å². The van der Waals surface area contributed by atoms with Gasteiger partial charge in [0.15, 0.2) is 0 Å². The Morgan fingerprint density at radius 3 is 1.96 bits per heavy atom. The molecule has 2 rings (SSSR count). The molecule has 0 fully saturated rings. The molecule has 2 aromatic rings. The molecule has 7 heteroatoms. The maximum Gasteiger partial charge on any atom is 0.407 e. The van der Waals surface area contributed by atoms with Crippen LogP contribution in [-0.4, -0.2) is 24.6 Å². The van der Waals surface area contributed by atoms with Crippen LogP contribution in [-0.2, 0) is 27.5 Å². The van der Waals surface area contributed by atoms with Gasteiger partial charge in [0.1, 0.15) is 19.3 Å². The second-order valence-corrected chi connectivity index (χ2v) is 5.83. The van der Waals surface area contributed by atoms with Crippen molar-refractivity contribution in [2.75, 3.05) is 6.54 Å². The molecule has 2 aromatic carbocycles. The van der Waals surface area contributed by atoms with Crippen molar-refractivity contribution >= 4 is 24.5 Å². The molecule has 1 atom stereocenters. The van der Waals surface area contributed by atoms with Gasteiger partial charge in [0.2, 0.25) is 0 Å². The Hall–Kier alpha value is -2.57. The Bertz CT molecular complexity index is 683. The molecule has 6 nitrogen and oxygen atoms in total. The van der Waals surface area contributed by atoms with E-state index in [0.29, 0.717) is 19.4 Å². The minimum absolute atomic E-state index is 0. The van der Waals surface area contributed by atoms with Crippen molar-refractivity contribution in [2.24, 2.45) is 5.73 Å². The number of hydrogen-bond donors (Lipinski definition) is 2. The van der Waals surface area contributed by atoms with Crippen LogP contribution in [0.3, 0.4) is 0 Å². The molecule has 146 valence electrons. The standard InChI is InChI=1S/C20H24N2O4.ClH/c21-18(19(23)25-14-16-8-3-1-4-9-16)12-7-13-22-20(24)26-15-17-10-5-2-6-11-17;/h1-6,8-11,18H,7,12-15,21H2,(H,22,24);1H/t18-;/m0./s1. The summed E-state index contributed by atoms with van der Waals surface area (Å²) >= 11 is 0. The number of nitrogens with one attached hydrogen (secondary N) is 1. The van der Waals surface area contributed by atoms with E-state index in [1.807, 2.05) is 60.7 Å². The maximum absolute atomic E-state index is 11.8. The van der Waals surface area contributed by atoms with Crippen LogP contribution in [0.15, 0.2) is 60.7 Å². The lowest BCUT2D eigenvalue weighted by atomic mass is 10.1. The maximum atomic E-state index is 11.8. The molecule has 0 aromatic heterocycles. The lowest BCUT2D eigenvalue weighted by Gasteiger charge is -2.12. The van der Waals surface area contributed by atoms with Crippen molar-refractivity contribution in [1.29, 1.82) is 0 Å². The summed E-state index contributed by atoms with van der Waals surface area (Å²) in [7, 11) is 0. The third-order valence-corrected chi connectivity index (χ3v) is 3.70. The normalized spacial score (nSPS) is 11.0. The molecule has 0 aliphatic rings. The van der Waals surface area contributed by atoms with E-state index in [9.17, 15) is 9.59 Å². The van der Waals surface area contributed by atoms with Gasteiger partial charge in [-0.1, -0.05) is 60.7 Å². The number of ether oxygens (including phenoxy) is 2. The van der Waals surface area contributed by atoms with E-state index in [1.54, 1.807) is 0 Å². The van der Waals surface area contributed by atoms with Crippen LogP contribution in [0.1, 0.15) is 24.0 Å². The second-order valence-electron chi connectivity index (χ2n) is 5.83. The highest BCUT2D eigenvalue weighted by Gasteiger charge is 2.15. The van der Waals surface area contributed by atoms with E-state index in [-0.39, 0.29) is 25.6 Å². The number of benzene rings is 2. The first-order valence-electron chi connectivity index (χ1n) is 8.56. The quantitative estimate of drug-likeness (QED) is 0.505. The molecule has 0 saturated carbocycles. The molecule has 0 radical (unpaired) electrons. The average molecular weight is 393 g/mol. The second kappa shape index (κ2) is 12.7. The lowest BCUT2D eigenvalue weighted by Crippen LogP contribution is -2.33. The number of nitrogens with two attached hydrogens (primary N) is 1. The van der Waals surface area contributed by atoms with E-state index < -0.39 is 18.1 Å². The molecule has 0 unspecified atom stereocenters. The fourth-order valence-corrected chi connectivity index (χ4v) is 2.24. The molecule has 0 spiro atoms. The third-order valence-electron chi connectivity index (χ3n) is 3.70. The van der Waals surface area contributed by atoms with E-state index in [2.05, 4.69) is 5.32 Å². The Morgan fingerprint density at radius 1 is 0.889 bits per heavy atom. The van der Waals surface area contributed by atoms with E-state index in [4.69, 9.17) is 15.2 Å². The minimum atomic E-state index is -0.708. The molecule has 0 bridgehead atoms.